The first-order valence-electron chi connectivity index (χ1n) is 10.8. The predicted octanol–water partition coefficient (Wildman–Crippen LogP) is 4.45. The lowest BCUT2D eigenvalue weighted by Gasteiger charge is -2.31. The molecule has 1 fully saturated rings. The fourth-order valence-electron chi connectivity index (χ4n) is 4.38. The van der Waals surface area contributed by atoms with Crippen LogP contribution in [-0.2, 0) is 9.59 Å². The summed E-state index contributed by atoms with van der Waals surface area (Å²) in [5, 5.41) is 0. The number of benzene rings is 2. The van der Waals surface area contributed by atoms with Gasteiger partial charge in [-0.05, 0) is 37.1 Å². The molecule has 3 heterocycles. The van der Waals surface area contributed by atoms with Gasteiger partial charge in [0, 0.05) is 49.0 Å². The van der Waals surface area contributed by atoms with E-state index in [-0.39, 0.29) is 30.6 Å². The van der Waals surface area contributed by atoms with Crippen molar-refractivity contribution in [3.8, 4) is 0 Å². The molecule has 6 nitrogen and oxygen atoms in total. The second kappa shape index (κ2) is 8.75. The lowest BCUT2D eigenvalue weighted by Crippen LogP contribution is -2.39. The topological polar surface area (TPSA) is 66.7 Å². The van der Waals surface area contributed by atoms with Crippen molar-refractivity contribution < 1.29 is 14.0 Å². The van der Waals surface area contributed by atoms with Crippen LogP contribution in [0.2, 0.25) is 0 Å². The maximum absolute atomic E-state index is 12.8. The van der Waals surface area contributed by atoms with Crippen molar-refractivity contribution >= 4 is 40.4 Å². The Morgan fingerprint density at radius 1 is 0.968 bits per heavy atom. The van der Waals surface area contributed by atoms with Gasteiger partial charge >= 0.3 is 0 Å². The average Bonchev–Trinajstić information content (AvgIpc) is 3.26. The minimum atomic E-state index is 0.0301. The number of para-hydroxylation sites is 3. The molecule has 1 aromatic heterocycles. The third kappa shape index (κ3) is 4.19. The summed E-state index contributed by atoms with van der Waals surface area (Å²) in [5.41, 5.74) is 2.66. The minimum absolute atomic E-state index is 0.0301. The Morgan fingerprint density at radius 2 is 1.71 bits per heavy atom. The average molecular weight is 436 g/mol. The summed E-state index contributed by atoms with van der Waals surface area (Å²) in [6.07, 6.45) is 2.19. The highest BCUT2D eigenvalue weighted by Crippen LogP contribution is 2.35. The Hall–Kier alpha value is -2.80. The van der Waals surface area contributed by atoms with Crippen LogP contribution < -0.4 is 4.90 Å². The third-order valence-electron chi connectivity index (χ3n) is 6.09. The summed E-state index contributed by atoms with van der Waals surface area (Å²) in [5.74, 6) is 1.98. The summed E-state index contributed by atoms with van der Waals surface area (Å²) >= 11 is 1.77. The van der Waals surface area contributed by atoms with Crippen molar-refractivity contribution in [2.24, 2.45) is 0 Å². The van der Waals surface area contributed by atoms with Crippen LogP contribution in [0.1, 0.15) is 37.5 Å². The third-order valence-corrected chi connectivity index (χ3v) is 7.13. The summed E-state index contributed by atoms with van der Waals surface area (Å²) < 4.78 is 5.91. The van der Waals surface area contributed by atoms with Gasteiger partial charge in [0.25, 0.3) is 0 Å². The predicted molar refractivity (Wildman–Crippen MR) is 121 cm³/mol. The van der Waals surface area contributed by atoms with Gasteiger partial charge in [-0.15, -0.1) is 11.8 Å². The maximum atomic E-state index is 12.8. The molecular formula is C24H25N3O3S. The summed E-state index contributed by atoms with van der Waals surface area (Å²) in [4.78, 5) is 35.0. The van der Waals surface area contributed by atoms with Crippen molar-refractivity contribution in [1.82, 2.24) is 9.88 Å². The number of aromatic nitrogens is 1. The quantitative estimate of drug-likeness (QED) is 0.606. The van der Waals surface area contributed by atoms with Gasteiger partial charge in [-0.1, -0.05) is 24.3 Å². The van der Waals surface area contributed by atoms with Crippen molar-refractivity contribution in [3.05, 3.63) is 54.4 Å². The van der Waals surface area contributed by atoms with Crippen molar-refractivity contribution in [3.63, 3.8) is 0 Å². The molecule has 160 valence electrons. The molecular weight excluding hydrogens is 410 g/mol. The first kappa shape index (κ1) is 20.1. The van der Waals surface area contributed by atoms with E-state index in [1.54, 1.807) is 11.8 Å². The van der Waals surface area contributed by atoms with E-state index < -0.39 is 0 Å². The molecule has 7 heteroatoms. The van der Waals surface area contributed by atoms with Crippen LogP contribution in [0.3, 0.4) is 0 Å². The lowest BCUT2D eigenvalue weighted by molar-refractivity contribution is -0.134. The van der Waals surface area contributed by atoms with Crippen LogP contribution in [0.5, 0.6) is 0 Å². The fourth-order valence-corrected chi connectivity index (χ4v) is 5.37. The second-order valence-electron chi connectivity index (χ2n) is 8.04. The normalized spacial score (nSPS) is 17.0. The van der Waals surface area contributed by atoms with E-state index in [1.807, 2.05) is 58.3 Å². The maximum Gasteiger partial charge on any atom is 0.227 e. The number of carbonyl (C=O) groups is 2. The van der Waals surface area contributed by atoms with E-state index in [0.717, 1.165) is 46.2 Å². The molecule has 0 N–H and O–H groups in total. The number of carbonyl (C=O) groups excluding carboxylic acids is 2. The molecule has 3 aromatic rings. The van der Waals surface area contributed by atoms with E-state index in [4.69, 9.17) is 4.42 Å². The molecule has 31 heavy (non-hydrogen) atoms. The zero-order chi connectivity index (χ0) is 21.2. The number of rotatable bonds is 4. The molecule has 5 rings (SSSR count). The molecule has 0 unspecified atom stereocenters. The van der Waals surface area contributed by atoms with Gasteiger partial charge < -0.3 is 14.2 Å². The van der Waals surface area contributed by atoms with Crippen LogP contribution in [0.15, 0.2) is 57.8 Å². The van der Waals surface area contributed by atoms with Gasteiger partial charge in [0.05, 0.1) is 5.69 Å². The first-order valence-corrected chi connectivity index (χ1v) is 11.8. The highest BCUT2D eigenvalue weighted by Gasteiger charge is 2.28. The zero-order valence-corrected chi connectivity index (χ0v) is 18.1. The number of hydrogen-bond acceptors (Lipinski definition) is 5. The molecule has 2 amide bonds. The number of amides is 2. The molecule has 0 spiro atoms. The van der Waals surface area contributed by atoms with E-state index in [1.165, 1.54) is 0 Å². The Kier molecular flexibility index (Phi) is 5.68. The number of fused-ring (bicyclic) bond motifs is 2. The Morgan fingerprint density at radius 3 is 2.55 bits per heavy atom. The number of nitrogens with zero attached hydrogens (tertiary/aromatic N) is 3. The van der Waals surface area contributed by atoms with Gasteiger partial charge in [0.2, 0.25) is 11.8 Å². The summed E-state index contributed by atoms with van der Waals surface area (Å²) in [6.45, 7) is 2.06. The lowest BCUT2D eigenvalue weighted by atomic mass is 9.96. The van der Waals surface area contributed by atoms with Crippen LogP contribution in [0.25, 0.3) is 11.1 Å². The van der Waals surface area contributed by atoms with Crippen molar-refractivity contribution in [2.75, 3.05) is 30.3 Å². The molecule has 2 aromatic carbocycles. The zero-order valence-electron chi connectivity index (χ0n) is 17.3. The van der Waals surface area contributed by atoms with Gasteiger partial charge in [-0.25, -0.2) is 4.98 Å². The number of thioether (sulfide) groups is 1. The summed E-state index contributed by atoms with van der Waals surface area (Å²) in [6, 6.07) is 15.8. The minimum Gasteiger partial charge on any atom is -0.440 e. The molecule has 0 radical (unpaired) electrons. The number of oxazole rings is 1. The molecule has 0 bridgehead atoms. The molecule has 1 saturated heterocycles. The summed E-state index contributed by atoms with van der Waals surface area (Å²) in [7, 11) is 0. The first-order chi connectivity index (χ1) is 15.2. The van der Waals surface area contributed by atoms with E-state index in [9.17, 15) is 9.59 Å². The fraction of sp³-hybridized carbons (Fsp3) is 0.375. The van der Waals surface area contributed by atoms with Crippen molar-refractivity contribution in [1.29, 1.82) is 0 Å². The standard InChI is InChI=1S/C24H25N3O3S/c28-22(9-10-23(29)27-15-16-31-21-8-4-2-6-19(21)27)26-13-11-17(12-14-26)24-25-18-5-1-3-7-20(18)30-24/h1-8,17H,9-16H2. The van der Waals surface area contributed by atoms with Gasteiger partial charge in [0.15, 0.2) is 11.5 Å². The van der Waals surface area contributed by atoms with Crippen LogP contribution >= 0.6 is 11.8 Å². The Balaban J connectivity index is 1.14. The Bertz CT molecular complexity index is 1070. The number of piperidine rings is 1. The highest BCUT2D eigenvalue weighted by atomic mass is 32.2. The molecule has 0 saturated carbocycles. The number of anilines is 1. The van der Waals surface area contributed by atoms with E-state index >= 15 is 0 Å². The number of likely N-dealkylation sites (tertiary alicyclic amines) is 1. The van der Waals surface area contributed by atoms with Crippen LogP contribution in [-0.4, -0.2) is 47.1 Å². The second-order valence-corrected chi connectivity index (χ2v) is 9.17. The van der Waals surface area contributed by atoms with E-state index in [2.05, 4.69) is 4.98 Å². The molecule has 0 aliphatic carbocycles. The largest absolute Gasteiger partial charge is 0.440 e. The molecule has 0 atom stereocenters. The van der Waals surface area contributed by atoms with Gasteiger partial charge in [-0.2, -0.15) is 0 Å². The van der Waals surface area contributed by atoms with Gasteiger partial charge in [-0.3, -0.25) is 9.59 Å². The smallest absolute Gasteiger partial charge is 0.227 e. The molecule has 2 aliphatic rings. The molecule has 2 aliphatic heterocycles. The van der Waals surface area contributed by atoms with Crippen molar-refractivity contribution in [2.45, 2.75) is 36.5 Å². The SMILES string of the molecule is O=C(CCC(=O)N1CCSc2ccccc21)N1CCC(c2nc3ccccc3o2)CC1. The number of hydrogen-bond donors (Lipinski definition) is 0. The van der Waals surface area contributed by atoms with E-state index in [0.29, 0.717) is 19.6 Å². The highest BCUT2D eigenvalue weighted by molar-refractivity contribution is 7.99. The van der Waals surface area contributed by atoms with Gasteiger partial charge in [0.1, 0.15) is 5.52 Å². The monoisotopic (exact) mass is 435 g/mol. The van der Waals surface area contributed by atoms with Crippen LogP contribution in [0, 0.1) is 0 Å². The van der Waals surface area contributed by atoms with Crippen LogP contribution in [0.4, 0.5) is 5.69 Å². The Labute approximate surface area is 185 Å².